The van der Waals surface area contributed by atoms with E-state index in [-0.39, 0.29) is 36.2 Å². The second kappa shape index (κ2) is 11.4. The van der Waals surface area contributed by atoms with Crippen LogP contribution in [-0.4, -0.2) is 29.9 Å². The summed E-state index contributed by atoms with van der Waals surface area (Å²) in [6.45, 7) is 7.00. The molecule has 1 atom stereocenters. The van der Waals surface area contributed by atoms with Gasteiger partial charge >= 0.3 is 0 Å². The number of hydrogen-bond donors (Lipinski definition) is 1. The average molecular weight is 489 g/mol. The Kier molecular flexibility index (Phi) is 8.04. The highest BCUT2D eigenvalue weighted by molar-refractivity contribution is 5.78. The van der Waals surface area contributed by atoms with E-state index in [1.165, 1.54) is 23.3 Å². The maximum absolute atomic E-state index is 13.2. The zero-order chi connectivity index (χ0) is 25.7. The van der Waals surface area contributed by atoms with Crippen LogP contribution in [0.25, 0.3) is 0 Å². The van der Waals surface area contributed by atoms with Crippen molar-refractivity contribution in [3.8, 4) is 5.75 Å². The third-order valence-corrected chi connectivity index (χ3v) is 6.41. The molecule has 3 aromatic carbocycles. The molecule has 0 saturated carbocycles. The fourth-order valence-electron chi connectivity index (χ4n) is 4.53. The predicted octanol–water partition coefficient (Wildman–Crippen LogP) is 5.35. The zero-order valence-corrected chi connectivity index (χ0v) is 21.1. The minimum Gasteiger partial charge on any atom is -0.484 e. The molecule has 0 aliphatic carbocycles. The molecule has 1 unspecified atom stereocenters. The number of benzene rings is 3. The van der Waals surface area contributed by atoms with Crippen molar-refractivity contribution in [2.75, 3.05) is 13.2 Å². The molecule has 1 aliphatic heterocycles. The molecule has 0 aromatic heterocycles. The van der Waals surface area contributed by atoms with Gasteiger partial charge < -0.3 is 15.0 Å². The van der Waals surface area contributed by atoms with Crippen LogP contribution in [0, 0.1) is 18.7 Å². The topological polar surface area (TPSA) is 58.6 Å². The van der Waals surface area contributed by atoms with Crippen LogP contribution in [-0.2, 0) is 22.6 Å². The summed E-state index contributed by atoms with van der Waals surface area (Å²) in [5.74, 6) is 0.435. The Morgan fingerprint density at radius 1 is 1.06 bits per heavy atom. The molecule has 1 heterocycles. The molecule has 0 fully saturated rings. The van der Waals surface area contributed by atoms with Gasteiger partial charge in [-0.15, -0.1) is 0 Å². The standard InChI is InChI=1S/C30H33FN2O3/c1-20(2)16-29(35)33-15-14-23-10-13-26(17-27(23)30(33)24-8-4-21(3)5-9-24)36-19-28(34)32-18-22-6-11-25(31)12-7-22/h4-13,17,20,30H,14-16,18-19H2,1-3H3,(H,32,34). The predicted molar refractivity (Wildman–Crippen MR) is 138 cm³/mol. The number of rotatable bonds is 8. The van der Waals surface area contributed by atoms with Crippen LogP contribution in [0.15, 0.2) is 66.7 Å². The molecule has 1 aliphatic rings. The van der Waals surface area contributed by atoms with Crippen LogP contribution >= 0.6 is 0 Å². The minimum atomic E-state index is -0.311. The highest BCUT2D eigenvalue weighted by Gasteiger charge is 2.32. The summed E-state index contributed by atoms with van der Waals surface area (Å²) in [5, 5.41) is 2.79. The van der Waals surface area contributed by atoms with Gasteiger partial charge in [0.25, 0.3) is 5.91 Å². The number of carbonyl (C=O) groups excluding carboxylic acids is 2. The molecule has 1 N–H and O–H groups in total. The summed E-state index contributed by atoms with van der Waals surface area (Å²) in [4.78, 5) is 27.5. The Balaban J connectivity index is 1.50. The largest absolute Gasteiger partial charge is 0.484 e. The van der Waals surface area contributed by atoms with Crippen molar-refractivity contribution in [1.29, 1.82) is 0 Å². The molecular formula is C30H33FN2O3. The number of amides is 2. The Hall–Kier alpha value is -3.67. The molecule has 2 amide bonds. The lowest BCUT2D eigenvalue weighted by atomic mass is 9.87. The quantitative estimate of drug-likeness (QED) is 0.465. The Bertz CT molecular complexity index is 1210. The molecule has 4 rings (SSSR count). The average Bonchev–Trinajstić information content (AvgIpc) is 2.86. The van der Waals surface area contributed by atoms with E-state index >= 15 is 0 Å². The van der Waals surface area contributed by atoms with Gasteiger partial charge in [-0.25, -0.2) is 4.39 Å². The van der Waals surface area contributed by atoms with Gasteiger partial charge in [-0.05, 0) is 65.8 Å². The number of nitrogens with one attached hydrogen (secondary N) is 1. The number of halogens is 1. The highest BCUT2D eigenvalue weighted by Crippen LogP contribution is 2.38. The van der Waals surface area contributed by atoms with E-state index in [9.17, 15) is 14.0 Å². The lowest BCUT2D eigenvalue weighted by Crippen LogP contribution is -2.41. The molecule has 0 spiro atoms. The number of ether oxygens (including phenoxy) is 1. The second-order valence-electron chi connectivity index (χ2n) is 9.80. The van der Waals surface area contributed by atoms with Gasteiger partial charge in [-0.3, -0.25) is 9.59 Å². The van der Waals surface area contributed by atoms with Crippen LogP contribution in [0.2, 0.25) is 0 Å². The summed E-state index contributed by atoms with van der Waals surface area (Å²) in [6, 6.07) is 20.0. The number of nitrogens with zero attached hydrogens (tertiary/aromatic N) is 1. The van der Waals surface area contributed by atoms with E-state index in [0.29, 0.717) is 25.3 Å². The third kappa shape index (κ3) is 6.30. The van der Waals surface area contributed by atoms with Crippen LogP contribution in [0.3, 0.4) is 0 Å². The fourth-order valence-corrected chi connectivity index (χ4v) is 4.53. The van der Waals surface area contributed by atoms with Crippen molar-refractivity contribution in [3.05, 3.63) is 100 Å². The van der Waals surface area contributed by atoms with E-state index < -0.39 is 0 Å². The van der Waals surface area contributed by atoms with E-state index in [2.05, 4.69) is 43.4 Å². The summed E-state index contributed by atoms with van der Waals surface area (Å²) < 4.78 is 18.9. The van der Waals surface area contributed by atoms with Crippen molar-refractivity contribution >= 4 is 11.8 Å². The zero-order valence-electron chi connectivity index (χ0n) is 21.1. The number of aryl methyl sites for hydroxylation is 1. The van der Waals surface area contributed by atoms with Gasteiger partial charge in [0.1, 0.15) is 11.6 Å². The number of hydrogen-bond acceptors (Lipinski definition) is 3. The van der Waals surface area contributed by atoms with E-state index in [1.807, 2.05) is 30.0 Å². The van der Waals surface area contributed by atoms with E-state index in [0.717, 1.165) is 23.1 Å². The van der Waals surface area contributed by atoms with Crippen LogP contribution in [0.5, 0.6) is 5.75 Å². The molecule has 6 heteroatoms. The molecule has 3 aromatic rings. The van der Waals surface area contributed by atoms with Gasteiger partial charge in [-0.1, -0.05) is 61.9 Å². The molecule has 0 saturated heterocycles. The molecular weight excluding hydrogens is 455 g/mol. The normalized spacial score (nSPS) is 14.9. The van der Waals surface area contributed by atoms with Gasteiger partial charge in [0.2, 0.25) is 5.91 Å². The minimum absolute atomic E-state index is 0.134. The first kappa shape index (κ1) is 25.4. The SMILES string of the molecule is Cc1ccc(C2c3cc(OCC(=O)NCc4ccc(F)cc4)ccc3CCN2C(=O)CC(C)C)cc1. The van der Waals surface area contributed by atoms with Crippen molar-refractivity contribution < 1.29 is 18.7 Å². The number of fused-ring (bicyclic) bond motifs is 1. The summed E-state index contributed by atoms with van der Waals surface area (Å²) in [7, 11) is 0. The smallest absolute Gasteiger partial charge is 0.258 e. The van der Waals surface area contributed by atoms with Crippen molar-refractivity contribution in [1.82, 2.24) is 10.2 Å². The third-order valence-electron chi connectivity index (χ3n) is 6.41. The van der Waals surface area contributed by atoms with E-state index in [1.54, 1.807) is 12.1 Å². The van der Waals surface area contributed by atoms with Crippen molar-refractivity contribution in [2.24, 2.45) is 5.92 Å². The summed E-state index contributed by atoms with van der Waals surface area (Å²) in [5.41, 5.74) is 5.26. The van der Waals surface area contributed by atoms with E-state index in [4.69, 9.17) is 4.74 Å². The fraction of sp³-hybridized carbons (Fsp3) is 0.333. The maximum Gasteiger partial charge on any atom is 0.258 e. The Morgan fingerprint density at radius 3 is 2.47 bits per heavy atom. The molecule has 0 bridgehead atoms. The molecule has 188 valence electrons. The molecule has 5 nitrogen and oxygen atoms in total. The highest BCUT2D eigenvalue weighted by atomic mass is 19.1. The molecule has 36 heavy (non-hydrogen) atoms. The monoisotopic (exact) mass is 488 g/mol. The maximum atomic E-state index is 13.2. The van der Waals surface area contributed by atoms with Crippen LogP contribution < -0.4 is 10.1 Å². The number of carbonyl (C=O) groups is 2. The Labute approximate surface area is 212 Å². The molecule has 0 radical (unpaired) electrons. The second-order valence-corrected chi connectivity index (χ2v) is 9.80. The summed E-state index contributed by atoms with van der Waals surface area (Å²) in [6.07, 6.45) is 1.28. The van der Waals surface area contributed by atoms with Crippen LogP contribution in [0.4, 0.5) is 4.39 Å². The van der Waals surface area contributed by atoms with Crippen molar-refractivity contribution in [2.45, 2.75) is 46.2 Å². The van der Waals surface area contributed by atoms with Gasteiger partial charge in [0.05, 0.1) is 6.04 Å². The van der Waals surface area contributed by atoms with Crippen LogP contribution in [0.1, 0.15) is 54.1 Å². The first-order chi connectivity index (χ1) is 17.3. The summed E-state index contributed by atoms with van der Waals surface area (Å²) >= 11 is 0. The Morgan fingerprint density at radius 2 is 1.78 bits per heavy atom. The van der Waals surface area contributed by atoms with Gasteiger partial charge in [0.15, 0.2) is 6.61 Å². The lowest BCUT2D eigenvalue weighted by molar-refractivity contribution is -0.134. The first-order valence-corrected chi connectivity index (χ1v) is 12.4. The van der Waals surface area contributed by atoms with Gasteiger partial charge in [-0.2, -0.15) is 0 Å². The van der Waals surface area contributed by atoms with Crippen molar-refractivity contribution in [3.63, 3.8) is 0 Å². The lowest BCUT2D eigenvalue weighted by Gasteiger charge is -2.38. The van der Waals surface area contributed by atoms with Gasteiger partial charge in [0, 0.05) is 19.5 Å². The first-order valence-electron chi connectivity index (χ1n) is 12.4.